The van der Waals surface area contributed by atoms with Crippen molar-refractivity contribution in [1.29, 1.82) is 0 Å². The molecule has 1 heterocycles. The summed E-state index contributed by atoms with van der Waals surface area (Å²) in [7, 11) is 1.71. The third-order valence-corrected chi connectivity index (χ3v) is 4.70. The topological polar surface area (TPSA) is 184 Å². The van der Waals surface area contributed by atoms with E-state index in [0.717, 1.165) is 0 Å². The van der Waals surface area contributed by atoms with Crippen molar-refractivity contribution in [3.8, 4) is 5.75 Å². The van der Waals surface area contributed by atoms with Crippen molar-refractivity contribution in [1.82, 2.24) is 10.6 Å². The molecule has 5 unspecified atom stereocenters. The van der Waals surface area contributed by atoms with Gasteiger partial charge >= 0.3 is 11.9 Å². The summed E-state index contributed by atoms with van der Waals surface area (Å²) in [5.74, 6) is -2.12. The molecule has 1 aromatic carbocycles. The Labute approximate surface area is 184 Å². The third kappa shape index (κ3) is 6.87. The number of carbonyl (C=O) groups is 3. The highest BCUT2D eigenvalue weighted by molar-refractivity contribution is 5.76. The van der Waals surface area contributed by atoms with Crippen molar-refractivity contribution < 1.29 is 49.0 Å². The lowest BCUT2D eigenvalue weighted by molar-refractivity contribution is -0.271. The van der Waals surface area contributed by atoms with E-state index in [4.69, 9.17) is 14.2 Å². The molecule has 12 nitrogen and oxygen atoms in total. The number of aliphatic hydroxyl groups excluding tert-OH is 3. The molecular formula is C20H28N2O10. The number of ether oxygens (including phenoxy) is 3. The first-order chi connectivity index (χ1) is 15.1. The van der Waals surface area contributed by atoms with Crippen LogP contribution in [0.4, 0.5) is 0 Å². The Bertz CT molecular complexity index is 818. The lowest BCUT2D eigenvalue weighted by Crippen LogP contribution is -2.61. The maximum atomic E-state index is 12.0. The van der Waals surface area contributed by atoms with Gasteiger partial charge in [-0.2, -0.15) is 0 Å². The van der Waals surface area contributed by atoms with Gasteiger partial charge in [0.15, 0.2) is 6.10 Å². The molecule has 1 fully saturated rings. The second kappa shape index (κ2) is 11.7. The van der Waals surface area contributed by atoms with Gasteiger partial charge in [-0.3, -0.25) is 9.59 Å². The standard InChI is InChI=1S/C20H28N2O10/c1-10(23)30-9-11-3-4-13(12(7-11)8-22-14(24)5-6-21-2)31-20-17(27)15(25)16(26)18(32-20)19(28)29/h3-4,7,15-18,20-21,25-27H,5-6,8-9H2,1-2H3,(H,22,24)(H,28,29). The smallest absolute Gasteiger partial charge is 0.335 e. The molecule has 178 valence electrons. The summed E-state index contributed by atoms with van der Waals surface area (Å²) >= 11 is 0. The number of hydrogen-bond acceptors (Lipinski definition) is 10. The molecule has 12 heteroatoms. The third-order valence-electron chi connectivity index (χ3n) is 4.70. The number of esters is 1. The molecule has 2 rings (SSSR count). The van der Waals surface area contributed by atoms with Gasteiger partial charge in [-0.05, 0) is 24.7 Å². The molecular weight excluding hydrogens is 428 g/mol. The number of carboxylic acid groups (broad SMARTS) is 1. The van der Waals surface area contributed by atoms with E-state index in [1.165, 1.54) is 13.0 Å². The highest BCUT2D eigenvalue weighted by Gasteiger charge is 2.48. The number of benzene rings is 1. The number of hydrogen-bond donors (Lipinski definition) is 6. The molecule has 0 aliphatic carbocycles. The summed E-state index contributed by atoms with van der Waals surface area (Å²) in [6, 6.07) is 4.64. The van der Waals surface area contributed by atoms with Crippen LogP contribution in [0.15, 0.2) is 18.2 Å². The summed E-state index contributed by atoms with van der Waals surface area (Å²) in [6.45, 7) is 1.73. The van der Waals surface area contributed by atoms with Gasteiger partial charge in [0.1, 0.15) is 30.7 Å². The Morgan fingerprint density at radius 3 is 2.47 bits per heavy atom. The van der Waals surface area contributed by atoms with E-state index in [2.05, 4.69) is 10.6 Å². The predicted octanol–water partition coefficient (Wildman–Crippen LogP) is -1.75. The Balaban J connectivity index is 2.22. The fraction of sp³-hybridized carbons (Fsp3) is 0.550. The lowest BCUT2D eigenvalue weighted by Gasteiger charge is -2.38. The first-order valence-electron chi connectivity index (χ1n) is 9.89. The van der Waals surface area contributed by atoms with Gasteiger partial charge in [-0.1, -0.05) is 6.07 Å². The molecule has 32 heavy (non-hydrogen) atoms. The zero-order chi connectivity index (χ0) is 23.8. The van der Waals surface area contributed by atoms with E-state index in [1.54, 1.807) is 19.2 Å². The van der Waals surface area contributed by atoms with Crippen LogP contribution in [0.25, 0.3) is 0 Å². The summed E-state index contributed by atoms with van der Waals surface area (Å²) in [6.07, 6.45) is -8.59. The molecule has 0 radical (unpaired) electrons. The minimum absolute atomic E-state index is 0.0160. The average Bonchev–Trinajstić information content (AvgIpc) is 2.75. The van der Waals surface area contributed by atoms with Gasteiger partial charge in [0.05, 0.1) is 0 Å². The fourth-order valence-electron chi connectivity index (χ4n) is 2.96. The number of nitrogens with one attached hydrogen (secondary N) is 2. The summed E-state index contributed by atoms with van der Waals surface area (Å²) in [5, 5.41) is 44.7. The van der Waals surface area contributed by atoms with Crippen molar-refractivity contribution in [2.75, 3.05) is 13.6 Å². The van der Waals surface area contributed by atoms with E-state index in [-0.39, 0.29) is 31.2 Å². The van der Waals surface area contributed by atoms with Crippen molar-refractivity contribution >= 4 is 17.8 Å². The zero-order valence-electron chi connectivity index (χ0n) is 17.7. The first-order valence-corrected chi connectivity index (χ1v) is 9.89. The molecule has 1 amide bonds. The molecule has 5 atom stereocenters. The quantitative estimate of drug-likeness (QED) is 0.219. The minimum Gasteiger partial charge on any atom is -0.479 e. The molecule has 0 bridgehead atoms. The maximum Gasteiger partial charge on any atom is 0.335 e. The van der Waals surface area contributed by atoms with Crippen molar-refractivity contribution in [3.05, 3.63) is 29.3 Å². The molecule has 1 aromatic rings. The van der Waals surface area contributed by atoms with Gasteiger partial charge in [0, 0.05) is 32.0 Å². The van der Waals surface area contributed by atoms with E-state index >= 15 is 0 Å². The molecule has 0 saturated carbocycles. The van der Waals surface area contributed by atoms with Crippen LogP contribution in [0.3, 0.4) is 0 Å². The fourth-order valence-corrected chi connectivity index (χ4v) is 2.96. The largest absolute Gasteiger partial charge is 0.479 e. The second-order valence-corrected chi connectivity index (χ2v) is 7.21. The average molecular weight is 456 g/mol. The van der Waals surface area contributed by atoms with Gasteiger partial charge in [-0.25, -0.2) is 4.79 Å². The predicted molar refractivity (Wildman–Crippen MR) is 107 cm³/mol. The molecule has 1 saturated heterocycles. The number of carbonyl (C=O) groups excluding carboxylic acids is 2. The minimum atomic E-state index is -1.85. The number of aliphatic hydroxyl groups is 3. The van der Waals surface area contributed by atoms with Gasteiger partial charge in [0.25, 0.3) is 0 Å². The number of amides is 1. The summed E-state index contributed by atoms with van der Waals surface area (Å²) < 4.78 is 15.7. The monoisotopic (exact) mass is 456 g/mol. The molecule has 6 N–H and O–H groups in total. The SMILES string of the molecule is CNCCC(=O)NCc1cc(COC(C)=O)ccc1OC1OC(C(=O)O)C(O)C(O)C1O. The number of carboxylic acids is 1. The number of rotatable bonds is 10. The molecule has 0 aromatic heterocycles. The van der Waals surface area contributed by atoms with Crippen molar-refractivity contribution in [2.45, 2.75) is 57.2 Å². The molecule has 1 aliphatic rings. The molecule has 1 aliphatic heterocycles. The first kappa shape index (κ1) is 25.5. The Kier molecular flexibility index (Phi) is 9.35. The second-order valence-electron chi connectivity index (χ2n) is 7.21. The van der Waals surface area contributed by atoms with Crippen LogP contribution >= 0.6 is 0 Å². The van der Waals surface area contributed by atoms with Crippen LogP contribution in [-0.2, 0) is 37.0 Å². The van der Waals surface area contributed by atoms with E-state index < -0.39 is 42.6 Å². The normalized spacial score (nSPS) is 25.1. The van der Waals surface area contributed by atoms with Gasteiger partial charge in [-0.15, -0.1) is 0 Å². The van der Waals surface area contributed by atoms with Crippen LogP contribution in [0.5, 0.6) is 5.75 Å². The maximum absolute atomic E-state index is 12.0. The highest BCUT2D eigenvalue weighted by atomic mass is 16.7. The lowest BCUT2D eigenvalue weighted by atomic mass is 9.99. The summed E-state index contributed by atoms with van der Waals surface area (Å²) in [4.78, 5) is 34.3. The van der Waals surface area contributed by atoms with Crippen molar-refractivity contribution in [3.63, 3.8) is 0 Å². The zero-order valence-corrected chi connectivity index (χ0v) is 17.7. The van der Waals surface area contributed by atoms with Crippen LogP contribution in [0.1, 0.15) is 24.5 Å². The van der Waals surface area contributed by atoms with Crippen LogP contribution in [-0.4, -0.2) is 82.6 Å². The Morgan fingerprint density at radius 1 is 1.12 bits per heavy atom. The Hall–Kier alpha value is -2.77. The summed E-state index contributed by atoms with van der Waals surface area (Å²) in [5.41, 5.74) is 1.02. The van der Waals surface area contributed by atoms with Crippen LogP contribution < -0.4 is 15.4 Å². The molecule has 0 spiro atoms. The van der Waals surface area contributed by atoms with Crippen LogP contribution in [0.2, 0.25) is 0 Å². The number of aliphatic carboxylic acids is 1. The Morgan fingerprint density at radius 2 is 1.84 bits per heavy atom. The van der Waals surface area contributed by atoms with E-state index in [0.29, 0.717) is 17.7 Å². The van der Waals surface area contributed by atoms with Crippen LogP contribution in [0, 0.1) is 0 Å². The van der Waals surface area contributed by atoms with E-state index in [1.807, 2.05) is 0 Å². The highest BCUT2D eigenvalue weighted by Crippen LogP contribution is 2.28. The van der Waals surface area contributed by atoms with Gasteiger partial charge in [0.2, 0.25) is 12.2 Å². The van der Waals surface area contributed by atoms with E-state index in [9.17, 15) is 34.8 Å². The van der Waals surface area contributed by atoms with Crippen molar-refractivity contribution in [2.24, 2.45) is 0 Å². The van der Waals surface area contributed by atoms with Gasteiger partial charge < -0.3 is 45.3 Å².